The number of hydrogen-bond acceptors (Lipinski definition) is 3. The van der Waals surface area contributed by atoms with Crippen molar-refractivity contribution in [3.63, 3.8) is 0 Å². The van der Waals surface area contributed by atoms with Crippen LogP contribution in [-0.2, 0) is 10.3 Å². The van der Waals surface area contributed by atoms with Crippen LogP contribution in [0.3, 0.4) is 0 Å². The molecule has 1 N–H and O–H groups in total. The van der Waals surface area contributed by atoms with E-state index < -0.39 is 5.54 Å². The van der Waals surface area contributed by atoms with Crippen molar-refractivity contribution in [3.8, 4) is 6.07 Å². The zero-order valence-corrected chi connectivity index (χ0v) is 15.3. The maximum atomic E-state index is 12.8. The van der Waals surface area contributed by atoms with Crippen LogP contribution in [0.5, 0.6) is 0 Å². The Balaban J connectivity index is 1.89. The number of amides is 1. The summed E-state index contributed by atoms with van der Waals surface area (Å²) in [6.45, 7) is 0. The van der Waals surface area contributed by atoms with Crippen LogP contribution in [0.4, 0.5) is 0 Å². The Morgan fingerprint density at radius 1 is 1.20 bits per heavy atom. The first-order valence-electron chi connectivity index (χ1n) is 8.25. The monoisotopic (exact) mass is 395 g/mol. The zero-order valence-electron chi connectivity index (χ0n) is 13.7. The van der Waals surface area contributed by atoms with E-state index in [4.69, 9.17) is 0 Å². The number of rotatable bonds is 4. The number of benzene rings is 1. The van der Waals surface area contributed by atoms with Crippen molar-refractivity contribution >= 4 is 27.9 Å². The van der Waals surface area contributed by atoms with Gasteiger partial charge in [0.15, 0.2) is 0 Å². The van der Waals surface area contributed by atoms with Crippen molar-refractivity contribution < 1.29 is 4.79 Å². The van der Waals surface area contributed by atoms with E-state index in [1.54, 1.807) is 12.3 Å². The summed E-state index contributed by atoms with van der Waals surface area (Å²) in [5, 5.41) is 12.6. The lowest BCUT2D eigenvalue weighted by atomic mass is 9.88. The van der Waals surface area contributed by atoms with Crippen molar-refractivity contribution in [1.82, 2.24) is 10.3 Å². The minimum absolute atomic E-state index is 0.0570. The molecule has 25 heavy (non-hydrogen) atoms. The zero-order chi connectivity index (χ0) is 17.7. The molecule has 2 aromatic rings. The SMILES string of the molecule is N#C/C(=C\c1ncccc1Br)C(=O)NC1(c2ccccc2)CCCC1. The van der Waals surface area contributed by atoms with E-state index in [-0.39, 0.29) is 11.5 Å². The molecule has 0 bridgehead atoms. The molecule has 1 aliphatic rings. The van der Waals surface area contributed by atoms with Crippen LogP contribution < -0.4 is 5.32 Å². The van der Waals surface area contributed by atoms with Gasteiger partial charge in [0.05, 0.1) is 11.2 Å². The van der Waals surface area contributed by atoms with E-state index in [0.717, 1.165) is 35.7 Å². The van der Waals surface area contributed by atoms with Gasteiger partial charge in [-0.25, -0.2) is 0 Å². The summed E-state index contributed by atoms with van der Waals surface area (Å²) in [6, 6.07) is 15.6. The van der Waals surface area contributed by atoms with Gasteiger partial charge in [0.1, 0.15) is 11.6 Å². The Morgan fingerprint density at radius 3 is 2.56 bits per heavy atom. The second-order valence-electron chi connectivity index (χ2n) is 6.15. The van der Waals surface area contributed by atoms with Gasteiger partial charge in [0.25, 0.3) is 5.91 Å². The molecule has 1 aromatic heterocycles. The fraction of sp³-hybridized carbons (Fsp3) is 0.250. The maximum Gasteiger partial charge on any atom is 0.262 e. The molecular weight excluding hydrogens is 378 g/mol. The van der Waals surface area contributed by atoms with E-state index in [2.05, 4.69) is 26.2 Å². The molecule has 1 aromatic carbocycles. The Hall–Kier alpha value is -2.45. The number of halogens is 1. The Bertz CT molecular complexity index is 834. The molecule has 0 unspecified atom stereocenters. The minimum Gasteiger partial charge on any atom is -0.342 e. The topological polar surface area (TPSA) is 65.8 Å². The highest BCUT2D eigenvalue weighted by molar-refractivity contribution is 9.10. The summed E-state index contributed by atoms with van der Waals surface area (Å²) in [7, 11) is 0. The predicted molar refractivity (Wildman–Crippen MR) is 100 cm³/mol. The highest BCUT2D eigenvalue weighted by Crippen LogP contribution is 2.38. The lowest BCUT2D eigenvalue weighted by Gasteiger charge is -2.31. The molecule has 1 amide bonds. The molecule has 1 saturated carbocycles. The molecule has 1 fully saturated rings. The Kier molecular flexibility index (Phi) is 5.30. The summed E-state index contributed by atoms with van der Waals surface area (Å²) in [5.74, 6) is -0.356. The third-order valence-electron chi connectivity index (χ3n) is 4.57. The van der Waals surface area contributed by atoms with Gasteiger partial charge in [-0.05, 0) is 52.5 Å². The second kappa shape index (κ2) is 7.62. The maximum absolute atomic E-state index is 12.8. The van der Waals surface area contributed by atoms with Crippen LogP contribution in [-0.4, -0.2) is 10.9 Å². The number of nitrogens with zero attached hydrogens (tertiary/aromatic N) is 2. The Labute approximate surface area is 155 Å². The number of pyridine rings is 1. The predicted octanol–water partition coefficient (Wildman–Crippen LogP) is 4.34. The van der Waals surface area contributed by atoms with Gasteiger partial charge in [0, 0.05) is 10.7 Å². The molecule has 0 atom stereocenters. The molecule has 0 saturated heterocycles. The second-order valence-corrected chi connectivity index (χ2v) is 7.00. The quantitative estimate of drug-likeness (QED) is 0.618. The fourth-order valence-corrected chi connectivity index (χ4v) is 3.67. The van der Waals surface area contributed by atoms with Crippen LogP contribution >= 0.6 is 15.9 Å². The summed E-state index contributed by atoms with van der Waals surface area (Å²) in [5.41, 5.74) is 1.32. The van der Waals surface area contributed by atoms with Gasteiger partial charge >= 0.3 is 0 Å². The standard InChI is InChI=1S/C20H18BrN3O/c21-17-9-6-12-23-18(17)13-15(14-22)19(25)24-20(10-4-5-11-20)16-7-2-1-3-8-16/h1-3,6-9,12-13H,4-5,10-11H2,(H,24,25)/b15-13+. The van der Waals surface area contributed by atoms with Crippen LogP contribution in [0.2, 0.25) is 0 Å². The first-order valence-corrected chi connectivity index (χ1v) is 9.04. The van der Waals surface area contributed by atoms with E-state index >= 15 is 0 Å². The lowest BCUT2D eigenvalue weighted by molar-refractivity contribution is -0.119. The van der Waals surface area contributed by atoms with E-state index in [1.165, 1.54) is 6.08 Å². The Morgan fingerprint density at radius 2 is 1.92 bits per heavy atom. The molecule has 0 radical (unpaired) electrons. The highest BCUT2D eigenvalue weighted by atomic mass is 79.9. The van der Waals surface area contributed by atoms with Crippen LogP contribution in [0.25, 0.3) is 6.08 Å². The summed E-state index contributed by atoms with van der Waals surface area (Å²) in [6.07, 6.45) is 7.04. The van der Waals surface area contributed by atoms with Gasteiger partial charge in [0.2, 0.25) is 0 Å². The highest BCUT2D eigenvalue weighted by Gasteiger charge is 2.37. The minimum atomic E-state index is -0.393. The third kappa shape index (κ3) is 3.80. The fourth-order valence-electron chi connectivity index (χ4n) is 3.30. The molecule has 126 valence electrons. The van der Waals surface area contributed by atoms with Crippen LogP contribution in [0, 0.1) is 11.3 Å². The summed E-state index contributed by atoms with van der Waals surface area (Å²) < 4.78 is 0.745. The number of hydrogen-bond donors (Lipinski definition) is 1. The number of aromatic nitrogens is 1. The van der Waals surface area contributed by atoms with Gasteiger partial charge in [-0.15, -0.1) is 0 Å². The first kappa shape index (κ1) is 17.4. The van der Waals surface area contributed by atoms with E-state index in [1.807, 2.05) is 42.5 Å². The molecule has 0 aliphatic heterocycles. The van der Waals surface area contributed by atoms with Crippen molar-refractivity contribution in [3.05, 3.63) is 70.0 Å². The number of nitriles is 1. The molecule has 1 aliphatic carbocycles. The van der Waals surface area contributed by atoms with Gasteiger partial charge in [-0.3, -0.25) is 9.78 Å². The van der Waals surface area contributed by atoms with Crippen molar-refractivity contribution in [2.45, 2.75) is 31.2 Å². The summed E-state index contributed by atoms with van der Waals surface area (Å²) in [4.78, 5) is 17.0. The van der Waals surface area contributed by atoms with Crippen molar-refractivity contribution in [2.75, 3.05) is 0 Å². The first-order chi connectivity index (χ1) is 12.1. The average molecular weight is 396 g/mol. The molecule has 5 heteroatoms. The third-order valence-corrected chi connectivity index (χ3v) is 5.24. The lowest BCUT2D eigenvalue weighted by Crippen LogP contribution is -2.44. The van der Waals surface area contributed by atoms with Gasteiger partial charge in [-0.1, -0.05) is 43.2 Å². The average Bonchev–Trinajstić information content (AvgIpc) is 3.11. The van der Waals surface area contributed by atoms with E-state index in [9.17, 15) is 10.1 Å². The largest absolute Gasteiger partial charge is 0.342 e. The molecular formula is C20H18BrN3O. The number of carbonyl (C=O) groups is 1. The van der Waals surface area contributed by atoms with Crippen LogP contribution in [0.1, 0.15) is 36.9 Å². The van der Waals surface area contributed by atoms with Crippen molar-refractivity contribution in [2.24, 2.45) is 0 Å². The van der Waals surface area contributed by atoms with Crippen LogP contribution in [0.15, 0.2) is 58.7 Å². The molecule has 4 nitrogen and oxygen atoms in total. The normalized spacial score (nSPS) is 16.2. The number of carbonyl (C=O) groups excluding carboxylic acids is 1. The molecule has 0 spiro atoms. The number of nitrogens with one attached hydrogen (secondary N) is 1. The van der Waals surface area contributed by atoms with Gasteiger partial charge in [-0.2, -0.15) is 5.26 Å². The van der Waals surface area contributed by atoms with E-state index in [0.29, 0.717) is 5.69 Å². The molecule has 1 heterocycles. The molecule has 3 rings (SSSR count). The van der Waals surface area contributed by atoms with Crippen molar-refractivity contribution in [1.29, 1.82) is 5.26 Å². The smallest absolute Gasteiger partial charge is 0.262 e. The summed E-state index contributed by atoms with van der Waals surface area (Å²) >= 11 is 3.39. The van der Waals surface area contributed by atoms with Gasteiger partial charge < -0.3 is 5.32 Å².